The van der Waals surface area contributed by atoms with Gasteiger partial charge in [0.1, 0.15) is 0 Å². The van der Waals surface area contributed by atoms with Crippen molar-refractivity contribution in [3.05, 3.63) is 35.9 Å². The minimum Gasteiger partial charge on any atom is -0.466 e. The molecule has 0 aromatic heterocycles. The zero-order chi connectivity index (χ0) is 15.7. The maximum absolute atomic E-state index is 12.3. The number of esters is 1. The van der Waals surface area contributed by atoms with Gasteiger partial charge < -0.3 is 10.5 Å². The lowest BCUT2D eigenvalue weighted by Gasteiger charge is -2.34. The number of hydrogen-bond acceptors (Lipinski definition) is 3. The van der Waals surface area contributed by atoms with Gasteiger partial charge in [-0.3, -0.25) is 4.79 Å². The molecule has 1 aromatic rings. The number of aryl methyl sites for hydroxylation is 1. The Morgan fingerprint density at radius 3 is 2.43 bits per heavy atom. The van der Waals surface area contributed by atoms with Gasteiger partial charge in [-0.15, -0.1) is 0 Å². The molecular formula is C18H29NO2. The molecule has 0 amide bonds. The van der Waals surface area contributed by atoms with E-state index in [1.54, 1.807) is 0 Å². The minimum atomic E-state index is -0.535. The van der Waals surface area contributed by atoms with Crippen LogP contribution in [0.25, 0.3) is 0 Å². The largest absolute Gasteiger partial charge is 0.466 e. The highest BCUT2D eigenvalue weighted by Crippen LogP contribution is 2.34. The molecule has 3 nitrogen and oxygen atoms in total. The third-order valence-corrected chi connectivity index (χ3v) is 4.33. The van der Waals surface area contributed by atoms with E-state index in [0.717, 1.165) is 25.7 Å². The molecule has 0 radical (unpaired) electrons. The van der Waals surface area contributed by atoms with Crippen LogP contribution in [0.4, 0.5) is 0 Å². The Balaban J connectivity index is 2.55. The number of rotatable bonds is 9. The van der Waals surface area contributed by atoms with Gasteiger partial charge in [0.05, 0.1) is 12.0 Å². The summed E-state index contributed by atoms with van der Waals surface area (Å²) in [5.74, 6) is 0.0560. The molecule has 0 heterocycles. The van der Waals surface area contributed by atoms with Crippen LogP contribution < -0.4 is 5.73 Å². The number of hydrogen-bond donors (Lipinski definition) is 1. The number of carbonyl (C=O) groups is 1. The molecule has 0 spiro atoms. The lowest BCUT2D eigenvalue weighted by atomic mass is 9.73. The Hall–Kier alpha value is -1.35. The predicted octanol–water partition coefficient (Wildman–Crippen LogP) is 3.56. The molecule has 0 aliphatic rings. The lowest BCUT2D eigenvalue weighted by molar-refractivity contribution is -0.158. The summed E-state index contributed by atoms with van der Waals surface area (Å²) in [7, 11) is 0. The minimum absolute atomic E-state index is 0.137. The van der Waals surface area contributed by atoms with Crippen molar-refractivity contribution in [1.29, 1.82) is 0 Å². The number of nitrogens with two attached hydrogens (primary N) is 1. The van der Waals surface area contributed by atoms with E-state index in [9.17, 15) is 4.79 Å². The number of unbranched alkanes of at least 4 members (excludes halogenated alkanes) is 1. The van der Waals surface area contributed by atoms with Crippen LogP contribution in [0.3, 0.4) is 0 Å². The molecule has 1 unspecified atom stereocenters. The van der Waals surface area contributed by atoms with Gasteiger partial charge in [-0.2, -0.15) is 0 Å². The second kappa shape index (κ2) is 8.83. The Labute approximate surface area is 128 Å². The molecular weight excluding hydrogens is 262 g/mol. The molecule has 1 aromatic carbocycles. The standard InChI is InChI=1S/C18H29NO2/c1-4-21-17(20)18(14-19,15(2)3)13-9-8-12-16-10-6-5-7-11-16/h5-7,10-11,15H,4,8-9,12-14,19H2,1-3H3. The van der Waals surface area contributed by atoms with E-state index in [1.807, 2.05) is 13.0 Å². The first-order valence-electron chi connectivity index (χ1n) is 7.98. The predicted molar refractivity (Wildman–Crippen MR) is 87.0 cm³/mol. The summed E-state index contributed by atoms with van der Waals surface area (Å²) >= 11 is 0. The van der Waals surface area contributed by atoms with Crippen molar-refractivity contribution in [3.8, 4) is 0 Å². The average molecular weight is 291 g/mol. The van der Waals surface area contributed by atoms with Crippen molar-refractivity contribution >= 4 is 5.97 Å². The molecule has 1 rings (SSSR count). The normalized spacial score (nSPS) is 14.0. The molecule has 0 fully saturated rings. The molecule has 0 saturated heterocycles. The molecule has 0 bridgehead atoms. The fourth-order valence-electron chi connectivity index (χ4n) is 2.74. The summed E-state index contributed by atoms with van der Waals surface area (Å²) in [5, 5.41) is 0. The quantitative estimate of drug-likeness (QED) is 0.559. The first-order valence-corrected chi connectivity index (χ1v) is 7.98. The molecule has 118 valence electrons. The highest BCUT2D eigenvalue weighted by atomic mass is 16.5. The summed E-state index contributed by atoms with van der Waals surface area (Å²) in [5.41, 5.74) is 6.74. The van der Waals surface area contributed by atoms with Crippen molar-refractivity contribution in [3.63, 3.8) is 0 Å². The molecule has 1 atom stereocenters. The maximum atomic E-state index is 12.3. The van der Waals surface area contributed by atoms with Crippen molar-refractivity contribution < 1.29 is 9.53 Å². The van der Waals surface area contributed by atoms with E-state index in [-0.39, 0.29) is 11.9 Å². The van der Waals surface area contributed by atoms with E-state index in [4.69, 9.17) is 10.5 Å². The van der Waals surface area contributed by atoms with Crippen LogP contribution in [0, 0.1) is 11.3 Å². The van der Waals surface area contributed by atoms with Gasteiger partial charge in [-0.25, -0.2) is 0 Å². The van der Waals surface area contributed by atoms with E-state index < -0.39 is 5.41 Å². The topological polar surface area (TPSA) is 52.3 Å². The summed E-state index contributed by atoms with van der Waals surface area (Å²) < 4.78 is 5.26. The molecule has 2 N–H and O–H groups in total. The van der Waals surface area contributed by atoms with Gasteiger partial charge in [0.15, 0.2) is 0 Å². The number of benzene rings is 1. The van der Waals surface area contributed by atoms with E-state index in [1.165, 1.54) is 5.56 Å². The summed E-state index contributed by atoms with van der Waals surface area (Å²) in [4.78, 5) is 12.3. The van der Waals surface area contributed by atoms with E-state index in [2.05, 4.69) is 38.1 Å². The van der Waals surface area contributed by atoms with Crippen LogP contribution in [0.5, 0.6) is 0 Å². The second-order valence-electron chi connectivity index (χ2n) is 5.93. The third-order valence-electron chi connectivity index (χ3n) is 4.33. The number of ether oxygens (including phenoxy) is 1. The highest BCUT2D eigenvalue weighted by molar-refractivity contribution is 5.77. The van der Waals surface area contributed by atoms with Crippen molar-refractivity contribution in [2.24, 2.45) is 17.1 Å². The number of carbonyl (C=O) groups excluding carboxylic acids is 1. The molecule has 0 aliphatic carbocycles. The van der Waals surface area contributed by atoms with Crippen LogP contribution in [0.15, 0.2) is 30.3 Å². The van der Waals surface area contributed by atoms with Crippen LogP contribution in [-0.4, -0.2) is 19.1 Å². The van der Waals surface area contributed by atoms with Gasteiger partial charge in [0.25, 0.3) is 0 Å². The van der Waals surface area contributed by atoms with Crippen LogP contribution in [0.2, 0.25) is 0 Å². The van der Waals surface area contributed by atoms with Gasteiger partial charge in [-0.05, 0) is 37.7 Å². The molecule has 3 heteroatoms. The first-order chi connectivity index (χ1) is 10.1. The van der Waals surface area contributed by atoms with Gasteiger partial charge in [0.2, 0.25) is 0 Å². The van der Waals surface area contributed by atoms with E-state index in [0.29, 0.717) is 13.2 Å². The van der Waals surface area contributed by atoms with Crippen molar-refractivity contribution in [1.82, 2.24) is 0 Å². The Morgan fingerprint density at radius 1 is 1.24 bits per heavy atom. The van der Waals surface area contributed by atoms with Crippen LogP contribution in [0.1, 0.15) is 45.6 Å². The Kier molecular flexibility index (Phi) is 7.44. The first kappa shape index (κ1) is 17.7. The van der Waals surface area contributed by atoms with E-state index >= 15 is 0 Å². The smallest absolute Gasteiger partial charge is 0.313 e. The molecule has 0 saturated carbocycles. The SMILES string of the molecule is CCOC(=O)C(CN)(CCCCc1ccccc1)C(C)C. The maximum Gasteiger partial charge on any atom is 0.313 e. The van der Waals surface area contributed by atoms with Gasteiger partial charge in [0, 0.05) is 6.54 Å². The van der Waals surface area contributed by atoms with Crippen LogP contribution in [-0.2, 0) is 16.0 Å². The fourth-order valence-corrected chi connectivity index (χ4v) is 2.74. The summed E-state index contributed by atoms with van der Waals surface area (Å²) in [6.45, 7) is 6.73. The van der Waals surface area contributed by atoms with Crippen LogP contribution >= 0.6 is 0 Å². The molecule has 0 aliphatic heterocycles. The summed E-state index contributed by atoms with van der Waals surface area (Å²) in [6.07, 6.45) is 3.90. The monoisotopic (exact) mass is 291 g/mol. The van der Waals surface area contributed by atoms with Gasteiger partial charge in [-0.1, -0.05) is 50.6 Å². The zero-order valence-corrected chi connectivity index (χ0v) is 13.6. The Bertz CT molecular complexity index is 416. The second-order valence-corrected chi connectivity index (χ2v) is 5.93. The summed E-state index contributed by atoms with van der Waals surface area (Å²) in [6, 6.07) is 10.4. The van der Waals surface area contributed by atoms with Crippen molar-refractivity contribution in [2.75, 3.05) is 13.2 Å². The fraction of sp³-hybridized carbons (Fsp3) is 0.611. The van der Waals surface area contributed by atoms with Crippen molar-refractivity contribution in [2.45, 2.75) is 46.5 Å². The lowest BCUT2D eigenvalue weighted by Crippen LogP contribution is -2.44. The zero-order valence-electron chi connectivity index (χ0n) is 13.6. The average Bonchev–Trinajstić information content (AvgIpc) is 2.48. The molecule has 21 heavy (non-hydrogen) atoms. The highest BCUT2D eigenvalue weighted by Gasteiger charge is 2.41. The third kappa shape index (κ3) is 4.85. The van der Waals surface area contributed by atoms with Gasteiger partial charge >= 0.3 is 5.97 Å². The Morgan fingerprint density at radius 2 is 1.90 bits per heavy atom.